The molecule has 0 N–H and O–H groups in total. The first-order valence-electron chi connectivity index (χ1n) is 21.1. The minimum Gasteiger partial charge on any atom is -0.278 e. The van der Waals surface area contributed by atoms with Gasteiger partial charge in [-0.15, -0.1) is 11.3 Å². The molecule has 0 saturated carbocycles. The van der Waals surface area contributed by atoms with Crippen LogP contribution in [0.3, 0.4) is 0 Å². The van der Waals surface area contributed by atoms with Crippen molar-refractivity contribution in [1.82, 2.24) is 14.5 Å². The molecule has 0 spiro atoms. The van der Waals surface area contributed by atoms with Gasteiger partial charge in [-0.25, -0.2) is 9.97 Å². The van der Waals surface area contributed by atoms with E-state index >= 15 is 0 Å². The van der Waals surface area contributed by atoms with Crippen LogP contribution in [0.15, 0.2) is 200 Å². The van der Waals surface area contributed by atoms with Crippen LogP contribution >= 0.6 is 11.3 Å². The normalized spacial score (nSPS) is 12.2. The van der Waals surface area contributed by atoms with E-state index in [9.17, 15) is 0 Å². The molecule has 3 nitrogen and oxygen atoms in total. The molecule has 1 aliphatic carbocycles. The molecule has 3 aromatic heterocycles. The third-order valence-electron chi connectivity index (χ3n) is 13.2. The molecule has 13 aromatic rings. The van der Waals surface area contributed by atoms with E-state index < -0.39 is 0 Å². The number of thiophene rings is 1. The Kier molecular flexibility index (Phi) is 6.99. The van der Waals surface area contributed by atoms with Crippen LogP contribution in [0.2, 0.25) is 0 Å². The Hall–Kier alpha value is -7.92. The van der Waals surface area contributed by atoms with Gasteiger partial charge in [-0.2, -0.15) is 0 Å². The molecule has 0 aliphatic heterocycles. The van der Waals surface area contributed by atoms with Crippen LogP contribution in [0, 0.1) is 0 Å². The largest absolute Gasteiger partial charge is 0.278 e. The molecule has 0 unspecified atom stereocenters. The van der Waals surface area contributed by atoms with E-state index in [0.29, 0.717) is 5.95 Å². The highest BCUT2D eigenvalue weighted by atomic mass is 32.1. The van der Waals surface area contributed by atoms with E-state index in [2.05, 4.69) is 205 Å². The molecule has 1 aliphatic rings. The molecule has 0 atom stereocenters. The predicted molar refractivity (Wildman–Crippen MR) is 263 cm³/mol. The SMILES string of the molecule is c1ccc(-c2ccc(-c3nc(-n4c5ccc(-c6ccc7sc8ccccc8c7c6)cc5c5c6cccc7c6c(cc54)-c4ccccc4-7)nc4c3ccc3ccccc34)cc2)cc1. The average molecular weight is 804 g/mol. The lowest BCUT2D eigenvalue weighted by molar-refractivity contribution is 1.02. The first kappa shape index (κ1) is 33.9. The molecule has 0 radical (unpaired) electrons. The standard InChI is InChI=1S/C58H33N3S/c1-2-11-34(12-3-1)35-21-23-37(24-22-35)56-46-28-25-36-13-4-5-14-40(36)57(46)60-58(59-56)61-50-29-26-38(39-27-30-53-47(31-39)43-17-8-9-20-52(43)62-53)32-49(50)55-45-19-10-18-44-41-15-6-7-16-42(41)48(54(44)45)33-51(55)61/h1-33H. The van der Waals surface area contributed by atoms with Gasteiger partial charge in [0.05, 0.1) is 22.2 Å². The van der Waals surface area contributed by atoms with Crippen molar-refractivity contribution in [2.45, 2.75) is 0 Å². The van der Waals surface area contributed by atoms with Gasteiger partial charge in [-0.3, -0.25) is 4.57 Å². The van der Waals surface area contributed by atoms with Crippen LogP contribution in [0.25, 0.3) is 136 Å². The summed E-state index contributed by atoms with van der Waals surface area (Å²) in [6.07, 6.45) is 0. The lowest BCUT2D eigenvalue weighted by atomic mass is 9.96. The fourth-order valence-electron chi connectivity index (χ4n) is 10.3. The molecular formula is C58H33N3S. The van der Waals surface area contributed by atoms with Crippen molar-refractivity contribution >= 4 is 85.8 Å². The van der Waals surface area contributed by atoms with Gasteiger partial charge >= 0.3 is 0 Å². The lowest BCUT2D eigenvalue weighted by Gasteiger charge is -2.14. The smallest absolute Gasteiger partial charge is 0.235 e. The third-order valence-corrected chi connectivity index (χ3v) is 14.3. The summed E-state index contributed by atoms with van der Waals surface area (Å²) in [5.41, 5.74) is 14.9. The summed E-state index contributed by atoms with van der Waals surface area (Å²) in [4.78, 5) is 11.2. The van der Waals surface area contributed by atoms with Gasteiger partial charge in [0, 0.05) is 47.3 Å². The minimum atomic E-state index is 0.656. The van der Waals surface area contributed by atoms with Crippen molar-refractivity contribution in [3.8, 4) is 61.7 Å². The first-order chi connectivity index (χ1) is 30.7. The maximum absolute atomic E-state index is 5.61. The number of hydrogen-bond donors (Lipinski definition) is 0. The van der Waals surface area contributed by atoms with Crippen LogP contribution in [0.4, 0.5) is 0 Å². The van der Waals surface area contributed by atoms with Crippen LogP contribution in [-0.4, -0.2) is 14.5 Å². The zero-order valence-electron chi connectivity index (χ0n) is 33.3. The first-order valence-corrected chi connectivity index (χ1v) is 22.0. The molecule has 10 aromatic carbocycles. The molecule has 0 amide bonds. The summed E-state index contributed by atoms with van der Waals surface area (Å²) in [5, 5.41) is 10.9. The summed E-state index contributed by atoms with van der Waals surface area (Å²) in [7, 11) is 0. The number of benzene rings is 10. The van der Waals surface area contributed by atoms with Crippen molar-refractivity contribution in [1.29, 1.82) is 0 Å². The summed E-state index contributed by atoms with van der Waals surface area (Å²) in [6.45, 7) is 0. The Labute approximate surface area is 360 Å². The highest BCUT2D eigenvalue weighted by Crippen LogP contribution is 2.51. The van der Waals surface area contributed by atoms with Crippen LogP contribution in [0.1, 0.15) is 0 Å². The molecule has 3 heterocycles. The van der Waals surface area contributed by atoms with Crippen molar-refractivity contribution < 1.29 is 0 Å². The third kappa shape index (κ3) is 4.81. The van der Waals surface area contributed by atoms with Crippen LogP contribution < -0.4 is 0 Å². The lowest BCUT2D eigenvalue weighted by Crippen LogP contribution is -2.04. The zero-order valence-corrected chi connectivity index (χ0v) is 34.1. The summed E-state index contributed by atoms with van der Waals surface area (Å²) in [5.74, 6) is 0.656. The molecule has 0 fully saturated rings. The highest BCUT2D eigenvalue weighted by Gasteiger charge is 2.27. The fraction of sp³-hybridized carbons (Fsp3) is 0. The highest BCUT2D eigenvalue weighted by molar-refractivity contribution is 7.25. The minimum absolute atomic E-state index is 0.656. The second kappa shape index (κ2) is 12.8. The second-order valence-electron chi connectivity index (χ2n) is 16.5. The Bertz CT molecular complexity index is 4030. The van der Waals surface area contributed by atoms with Crippen molar-refractivity contribution in [2.75, 3.05) is 0 Å². The van der Waals surface area contributed by atoms with Gasteiger partial charge in [0.15, 0.2) is 0 Å². The molecule has 0 saturated heterocycles. The summed E-state index contributed by atoms with van der Waals surface area (Å²) < 4.78 is 4.96. The maximum atomic E-state index is 5.61. The topological polar surface area (TPSA) is 30.7 Å². The number of hydrogen-bond acceptors (Lipinski definition) is 3. The van der Waals surface area contributed by atoms with Crippen molar-refractivity contribution in [3.05, 3.63) is 200 Å². The van der Waals surface area contributed by atoms with Gasteiger partial charge in [0.25, 0.3) is 0 Å². The average Bonchev–Trinajstić information content (AvgIpc) is 3.99. The van der Waals surface area contributed by atoms with Gasteiger partial charge in [-0.1, -0.05) is 158 Å². The zero-order chi connectivity index (χ0) is 40.5. The Morgan fingerprint density at radius 2 is 0.984 bits per heavy atom. The van der Waals surface area contributed by atoms with E-state index in [1.165, 1.54) is 86.2 Å². The molecule has 62 heavy (non-hydrogen) atoms. The van der Waals surface area contributed by atoms with Crippen molar-refractivity contribution in [2.24, 2.45) is 0 Å². The van der Waals surface area contributed by atoms with Gasteiger partial charge in [0.1, 0.15) is 0 Å². The number of nitrogens with zero attached hydrogens (tertiary/aromatic N) is 3. The van der Waals surface area contributed by atoms with Crippen LogP contribution in [-0.2, 0) is 0 Å². The molecule has 14 rings (SSSR count). The van der Waals surface area contributed by atoms with Gasteiger partial charge < -0.3 is 0 Å². The van der Waals surface area contributed by atoms with E-state index in [1.54, 1.807) is 0 Å². The molecule has 286 valence electrons. The van der Waals surface area contributed by atoms with E-state index in [-0.39, 0.29) is 0 Å². The fourth-order valence-corrected chi connectivity index (χ4v) is 11.4. The maximum Gasteiger partial charge on any atom is 0.235 e. The Balaban J connectivity index is 1.08. The van der Waals surface area contributed by atoms with Gasteiger partial charge in [-0.05, 0) is 103 Å². The van der Waals surface area contributed by atoms with Gasteiger partial charge in [0.2, 0.25) is 5.95 Å². The monoisotopic (exact) mass is 803 g/mol. The van der Waals surface area contributed by atoms with E-state index in [4.69, 9.17) is 9.97 Å². The molecule has 4 heteroatoms. The Morgan fingerprint density at radius 1 is 0.339 bits per heavy atom. The molecular weight excluding hydrogens is 771 g/mol. The number of fused-ring (bicyclic) bond motifs is 13. The van der Waals surface area contributed by atoms with E-state index in [1.807, 2.05) is 11.3 Å². The van der Waals surface area contributed by atoms with Crippen molar-refractivity contribution in [3.63, 3.8) is 0 Å². The van der Waals surface area contributed by atoms with E-state index in [0.717, 1.165) is 44.0 Å². The quantitative estimate of drug-likeness (QED) is 0.166. The second-order valence-corrected chi connectivity index (χ2v) is 17.6. The molecule has 0 bridgehead atoms. The van der Waals surface area contributed by atoms with Crippen LogP contribution in [0.5, 0.6) is 0 Å². The Morgan fingerprint density at radius 3 is 1.85 bits per heavy atom. The number of aromatic nitrogens is 3. The summed E-state index contributed by atoms with van der Waals surface area (Å²) >= 11 is 1.86. The predicted octanol–water partition coefficient (Wildman–Crippen LogP) is 16.0. The number of rotatable bonds is 4. The summed E-state index contributed by atoms with van der Waals surface area (Å²) in [6, 6.07) is 73.1.